The number of aliphatic hydroxyl groups excluding tert-OH is 1. The van der Waals surface area contributed by atoms with Crippen molar-refractivity contribution in [3.05, 3.63) is 35.4 Å². The Bertz CT molecular complexity index is 728. The van der Waals surface area contributed by atoms with Crippen LogP contribution in [0.3, 0.4) is 0 Å². The first kappa shape index (κ1) is 26.4. The Morgan fingerprint density at radius 2 is 1.77 bits per heavy atom. The van der Waals surface area contributed by atoms with Crippen molar-refractivity contribution in [1.82, 2.24) is 15.5 Å². The second-order valence-electron chi connectivity index (χ2n) is 8.58. The number of ether oxygens (including phenoxy) is 1. The summed E-state index contributed by atoms with van der Waals surface area (Å²) >= 11 is 0. The SMILES string of the molecule is CCCCNC(=O)C(c1ccc(C)cc1)N(CCO)C(=O)C(C)NC(=O)OC(C)(C)C. The lowest BCUT2D eigenvalue weighted by Gasteiger charge is -2.33. The predicted molar refractivity (Wildman–Crippen MR) is 119 cm³/mol. The molecule has 2 unspecified atom stereocenters. The topological polar surface area (TPSA) is 108 Å². The molecule has 3 amide bonds. The van der Waals surface area contributed by atoms with E-state index in [4.69, 9.17) is 4.74 Å². The largest absolute Gasteiger partial charge is 0.444 e. The summed E-state index contributed by atoms with van der Waals surface area (Å²) in [6, 6.07) is 5.45. The highest BCUT2D eigenvalue weighted by molar-refractivity contribution is 5.92. The van der Waals surface area contributed by atoms with Crippen molar-refractivity contribution in [3.8, 4) is 0 Å². The van der Waals surface area contributed by atoms with Crippen molar-refractivity contribution in [3.63, 3.8) is 0 Å². The zero-order valence-corrected chi connectivity index (χ0v) is 19.5. The molecule has 1 rings (SSSR count). The summed E-state index contributed by atoms with van der Waals surface area (Å²) in [6.07, 6.45) is 1.01. The van der Waals surface area contributed by atoms with Crippen LogP contribution in [0.15, 0.2) is 24.3 Å². The fourth-order valence-corrected chi connectivity index (χ4v) is 2.98. The van der Waals surface area contributed by atoms with Gasteiger partial charge in [0.05, 0.1) is 6.61 Å². The summed E-state index contributed by atoms with van der Waals surface area (Å²) in [4.78, 5) is 39.7. The third kappa shape index (κ3) is 8.96. The highest BCUT2D eigenvalue weighted by Crippen LogP contribution is 2.23. The first-order chi connectivity index (χ1) is 14.5. The molecule has 0 fully saturated rings. The number of benzene rings is 1. The Kier molecular flexibility index (Phi) is 10.5. The molecular formula is C23H37N3O5. The predicted octanol–water partition coefficient (Wildman–Crippen LogP) is 2.69. The molecule has 0 saturated carbocycles. The summed E-state index contributed by atoms with van der Waals surface area (Å²) in [6.45, 7) is 10.8. The van der Waals surface area contributed by atoms with Crippen LogP contribution in [0, 0.1) is 6.92 Å². The van der Waals surface area contributed by atoms with E-state index in [1.165, 1.54) is 11.8 Å². The number of carbonyl (C=O) groups excluding carboxylic acids is 3. The van der Waals surface area contributed by atoms with Gasteiger partial charge >= 0.3 is 6.09 Å². The molecule has 0 bridgehead atoms. The molecule has 2 atom stereocenters. The summed E-state index contributed by atoms with van der Waals surface area (Å²) in [7, 11) is 0. The van der Waals surface area contributed by atoms with Crippen LogP contribution in [0.1, 0.15) is 64.6 Å². The molecular weight excluding hydrogens is 398 g/mol. The Balaban J connectivity index is 3.15. The van der Waals surface area contributed by atoms with Crippen LogP contribution in [0.2, 0.25) is 0 Å². The minimum Gasteiger partial charge on any atom is -0.444 e. The normalized spacial score (nSPS) is 13.1. The molecule has 0 aliphatic rings. The zero-order valence-electron chi connectivity index (χ0n) is 19.5. The summed E-state index contributed by atoms with van der Waals surface area (Å²) in [5.41, 5.74) is 0.945. The van der Waals surface area contributed by atoms with Gasteiger partial charge in [-0.15, -0.1) is 0 Å². The van der Waals surface area contributed by atoms with Gasteiger partial charge in [-0.1, -0.05) is 43.2 Å². The minimum atomic E-state index is -0.946. The van der Waals surface area contributed by atoms with Crippen molar-refractivity contribution in [2.24, 2.45) is 0 Å². The second-order valence-corrected chi connectivity index (χ2v) is 8.58. The van der Waals surface area contributed by atoms with Crippen molar-refractivity contribution < 1.29 is 24.2 Å². The lowest BCUT2D eigenvalue weighted by Crippen LogP contribution is -2.52. The Labute approximate surface area is 185 Å². The van der Waals surface area contributed by atoms with Crippen LogP contribution in [0.5, 0.6) is 0 Å². The van der Waals surface area contributed by atoms with Crippen molar-refractivity contribution in [2.75, 3.05) is 19.7 Å². The number of hydrogen-bond donors (Lipinski definition) is 3. The van der Waals surface area contributed by atoms with Gasteiger partial charge in [-0.05, 0) is 46.6 Å². The van der Waals surface area contributed by atoms with Gasteiger partial charge < -0.3 is 25.4 Å². The number of hydrogen-bond acceptors (Lipinski definition) is 5. The highest BCUT2D eigenvalue weighted by Gasteiger charge is 2.34. The third-order valence-electron chi connectivity index (χ3n) is 4.51. The number of nitrogens with zero attached hydrogens (tertiary/aromatic N) is 1. The van der Waals surface area contributed by atoms with Crippen molar-refractivity contribution in [1.29, 1.82) is 0 Å². The Morgan fingerprint density at radius 3 is 2.29 bits per heavy atom. The van der Waals surface area contributed by atoms with Gasteiger partial charge in [0.2, 0.25) is 11.8 Å². The molecule has 1 aromatic rings. The van der Waals surface area contributed by atoms with E-state index in [0.717, 1.165) is 18.4 Å². The average molecular weight is 436 g/mol. The third-order valence-corrected chi connectivity index (χ3v) is 4.51. The van der Waals surface area contributed by atoms with Gasteiger partial charge in [0.15, 0.2) is 0 Å². The van der Waals surface area contributed by atoms with Crippen LogP contribution >= 0.6 is 0 Å². The second kappa shape index (κ2) is 12.3. The first-order valence-electron chi connectivity index (χ1n) is 10.7. The Morgan fingerprint density at radius 1 is 1.16 bits per heavy atom. The maximum atomic E-state index is 13.2. The number of rotatable bonds is 10. The van der Waals surface area contributed by atoms with E-state index in [0.29, 0.717) is 12.1 Å². The fourth-order valence-electron chi connectivity index (χ4n) is 2.98. The van der Waals surface area contributed by atoms with E-state index in [2.05, 4.69) is 10.6 Å². The molecule has 0 aliphatic heterocycles. The Hall–Kier alpha value is -2.61. The molecule has 0 aromatic heterocycles. The van der Waals surface area contributed by atoms with Crippen LogP contribution in [-0.4, -0.2) is 59.3 Å². The average Bonchev–Trinajstić information content (AvgIpc) is 2.67. The molecule has 3 N–H and O–H groups in total. The maximum absolute atomic E-state index is 13.2. The van der Waals surface area contributed by atoms with E-state index < -0.39 is 29.7 Å². The van der Waals surface area contributed by atoms with Gasteiger partial charge in [-0.25, -0.2) is 4.79 Å². The molecule has 8 nitrogen and oxygen atoms in total. The van der Waals surface area contributed by atoms with Crippen LogP contribution in [0.4, 0.5) is 4.79 Å². The number of carbonyl (C=O) groups is 3. The minimum absolute atomic E-state index is 0.0566. The van der Waals surface area contributed by atoms with E-state index in [-0.39, 0.29) is 19.1 Å². The molecule has 0 heterocycles. The lowest BCUT2D eigenvalue weighted by atomic mass is 10.0. The fraction of sp³-hybridized carbons (Fsp3) is 0.609. The van der Waals surface area contributed by atoms with Crippen LogP contribution < -0.4 is 10.6 Å². The summed E-state index contributed by atoms with van der Waals surface area (Å²) in [5, 5.41) is 15.0. The van der Waals surface area contributed by atoms with E-state index in [1.807, 2.05) is 26.0 Å². The van der Waals surface area contributed by atoms with Crippen LogP contribution in [0.25, 0.3) is 0 Å². The number of nitrogens with one attached hydrogen (secondary N) is 2. The number of amides is 3. The van der Waals surface area contributed by atoms with Crippen molar-refractivity contribution >= 4 is 17.9 Å². The summed E-state index contributed by atoms with van der Waals surface area (Å²) in [5.74, 6) is -0.820. The molecule has 0 saturated heterocycles. The molecule has 0 spiro atoms. The smallest absolute Gasteiger partial charge is 0.408 e. The van der Waals surface area contributed by atoms with Gasteiger partial charge in [-0.2, -0.15) is 0 Å². The number of aryl methyl sites for hydroxylation is 1. The van der Waals surface area contributed by atoms with E-state index in [1.54, 1.807) is 32.9 Å². The number of alkyl carbamates (subject to hydrolysis) is 1. The van der Waals surface area contributed by atoms with Gasteiger partial charge in [0, 0.05) is 13.1 Å². The molecule has 8 heteroatoms. The molecule has 0 aliphatic carbocycles. The summed E-state index contributed by atoms with van der Waals surface area (Å²) < 4.78 is 5.22. The quantitative estimate of drug-likeness (QED) is 0.490. The standard InChI is InChI=1S/C23H37N3O5/c1-7-8-13-24-20(28)19(18-11-9-16(2)10-12-18)26(14-15-27)21(29)17(3)25-22(30)31-23(4,5)6/h9-12,17,19,27H,7-8,13-15H2,1-6H3,(H,24,28)(H,25,30). The number of aliphatic hydroxyl groups is 1. The molecule has 174 valence electrons. The molecule has 31 heavy (non-hydrogen) atoms. The zero-order chi connectivity index (χ0) is 23.6. The molecule has 0 radical (unpaired) electrons. The maximum Gasteiger partial charge on any atom is 0.408 e. The highest BCUT2D eigenvalue weighted by atomic mass is 16.6. The number of unbranched alkanes of at least 4 members (excludes halogenated alkanes) is 1. The first-order valence-corrected chi connectivity index (χ1v) is 10.7. The van der Waals surface area contributed by atoms with Crippen molar-refractivity contribution in [2.45, 2.75) is 72.1 Å². The van der Waals surface area contributed by atoms with E-state index >= 15 is 0 Å². The van der Waals surface area contributed by atoms with Gasteiger partial charge in [0.25, 0.3) is 0 Å². The lowest BCUT2D eigenvalue weighted by molar-refractivity contribution is -0.142. The van der Waals surface area contributed by atoms with Gasteiger partial charge in [0.1, 0.15) is 17.7 Å². The molecule has 1 aromatic carbocycles. The van der Waals surface area contributed by atoms with Gasteiger partial charge in [-0.3, -0.25) is 9.59 Å². The van der Waals surface area contributed by atoms with Crippen LogP contribution in [-0.2, 0) is 14.3 Å². The monoisotopic (exact) mass is 435 g/mol. The van der Waals surface area contributed by atoms with E-state index in [9.17, 15) is 19.5 Å².